The van der Waals surface area contributed by atoms with Gasteiger partial charge in [-0.15, -0.1) is 10.2 Å². The van der Waals surface area contributed by atoms with Gasteiger partial charge in [-0.05, 0) is 62.4 Å². The third kappa shape index (κ3) is 3.83. The second-order valence-corrected chi connectivity index (χ2v) is 7.66. The highest BCUT2D eigenvalue weighted by Crippen LogP contribution is 2.23. The molecule has 0 aliphatic rings. The van der Waals surface area contributed by atoms with E-state index in [4.69, 9.17) is 5.10 Å². The van der Waals surface area contributed by atoms with Crippen LogP contribution in [0, 0.1) is 13.8 Å². The highest BCUT2D eigenvalue weighted by molar-refractivity contribution is 6.04. The van der Waals surface area contributed by atoms with Crippen LogP contribution in [0.15, 0.2) is 79.1 Å². The molecule has 0 atom stereocenters. The topological polar surface area (TPSA) is 85.1 Å². The summed E-state index contributed by atoms with van der Waals surface area (Å²) in [5, 5.41) is 16.1. The minimum absolute atomic E-state index is 0.130. The zero-order valence-corrected chi connectivity index (χ0v) is 17.6. The van der Waals surface area contributed by atoms with Crippen LogP contribution in [0.4, 0.5) is 5.69 Å². The number of aryl methyl sites for hydroxylation is 2. The van der Waals surface area contributed by atoms with Gasteiger partial charge >= 0.3 is 0 Å². The van der Waals surface area contributed by atoms with E-state index in [1.807, 2.05) is 80.6 Å². The molecule has 0 unspecified atom stereocenters. The maximum Gasteiger partial charge on any atom is 0.255 e. The van der Waals surface area contributed by atoms with E-state index in [9.17, 15) is 4.79 Å². The lowest BCUT2D eigenvalue weighted by Crippen LogP contribution is -2.12. The van der Waals surface area contributed by atoms with Crippen LogP contribution in [0.5, 0.6) is 0 Å². The predicted molar refractivity (Wildman–Crippen MR) is 123 cm³/mol. The molecule has 3 heterocycles. The summed E-state index contributed by atoms with van der Waals surface area (Å²) in [6, 6.07) is 21.0. The molecule has 5 rings (SSSR count). The molecule has 0 saturated carbocycles. The van der Waals surface area contributed by atoms with E-state index in [0.29, 0.717) is 17.0 Å². The number of carbonyl (C=O) groups excluding carboxylic acids is 1. The van der Waals surface area contributed by atoms with Gasteiger partial charge in [0.2, 0.25) is 0 Å². The first-order valence-corrected chi connectivity index (χ1v) is 10.2. The second kappa shape index (κ2) is 8.03. The molecular formula is C25H20N6O. The van der Waals surface area contributed by atoms with Crippen molar-refractivity contribution in [3.8, 4) is 22.6 Å². The van der Waals surface area contributed by atoms with Crippen molar-refractivity contribution in [3.05, 3.63) is 95.8 Å². The highest BCUT2D eigenvalue weighted by Gasteiger charge is 2.12. The first kappa shape index (κ1) is 19.6. The van der Waals surface area contributed by atoms with Crippen molar-refractivity contribution in [1.82, 2.24) is 24.8 Å². The fraction of sp³-hybridized carbons (Fsp3) is 0.0800. The average Bonchev–Trinajstić information content (AvgIpc) is 3.23. The number of nitrogens with one attached hydrogen (secondary N) is 1. The molecule has 1 N–H and O–H groups in total. The van der Waals surface area contributed by atoms with Gasteiger partial charge in [-0.1, -0.05) is 29.3 Å². The van der Waals surface area contributed by atoms with Gasteiger partial charge in [0.1, 0.15) is 0 Å². The second-order valence-electron chi connectivity index (χ2n) is 7.66. The van der Waals surface area contributed by atoms with E-state index < -0.39 is 0 Å². The van der Waals surface area contributed by atoms with Crippen LogP contribution in [0.2, 0.25) is 0 Å². The van der Waals surface area contributed by atoms with Gasteiger partial charge < -0.3 is 5.32 Å². The van der Waals surface area contributed by atoms with Crippen molar-refractivity contribution in [2.24, 2.45) is 0 Å². The van der Waals surface area contributed by atoms with Gasteiger partial charge in [-0.25, -0.2) is 0 Å². The number of amides is 1. The minimum atomic E-state index is -0.130. The van der Waals surface area contributed by atoms with Crippen molar-refractivity contribution in [2.45, 2.75) is 13.8 Å². The van der Waals surface area contributed by atoms with E-state index in [1.54, 1.807) is 16.9 Å². The highest BCUT2D eigenvalue weighted by atomic mass is 16.1. The monoisotopic (exact) mass is 420 g/mol. The molecule has 0 radical (unpaired) electrons. The summed E-state index contributed by atoms with van der Waals surface area (Å²) in [4.78, 5) is 16.8. The fourth-order valence-corrected chi connectivity index (χ4v) is 3.65. The Bertz CT molecular complexity index is 1400. The molecule has 0 saturated heterocycles. The summed E-state index contributed by atoms with van der Waals surface area (Å²) in [6.45, 7) is 3.97. The zero-order valence-electron chi connectivity index (χ0n) is 17.6. The van der Waals surface area contributed by atoms with Crippen LogP contribution < -0.4 is 5.32 Å². The van der Waals surface area contributed by atoms with E-state index in [2.05, 4.69) is 20.5 Å². The normalized spacial score (nSPS) is 10.9. The van der Waals surface area contributed by atoms with E-state index >= 15 is 0 Å². The molecule has 3 aromatic heterocycles. The predicted octanol–water partition coefficient (Wildman–Crippen LogP) is 4.72. The maximum atomic E-state index is 12.6. The number of fused-ring (bicyclic) bond motifs is 1. The van der Waals surface area contributed by atoms with Crippen molar-refractivity contribution in [1.29, 1.82) is 0 Å². The van der Waals surface area contributed by atoms with Crippen LogP contribution in [0.25, 0.3) is 28.3 Å². The number of pyridine rings is 1. The first-order valence-electron chi connectivity index (χ1n) is 10.2. The lowest BCUT2D eigenvalue weighted by molar-refractivity contribution is 0.102. The van der Waals surface area contributed by atoms with Crippen LogP contribution in [-0.2, 0) is 0 Å². The van der Waals surface area contributed by atoms with Crippen LogP contribution in [0.3, 0.4) is 0 Å². The summed E-state index contributed by atoms with van der Waals surface area (Å²) in [5.74, 6) is 0.502. The van der Waals surface area contributed by atoms with Crippen molar-refractivity contribution in [2.75, 3.05) is 5.32 Å². The third-order valence-corrected chi connectivity index (χ3v) is 5.10. The molecule has 0 bridgehead atoms. The standard InChI is InChI=1S/C25H20N6O/c1-16-12-17(2)14-20(13-16)25(32)27-21-7-5-18(6-8-21)22-9-10-23-28-29-24(31(23)30-22)19-4-3-11-26-15-19/h3-15H,1-2H3,(H,27,32). The van der Waals surface area contributed by atoms with Gasteiger partial charge in [0.15, 0.2) is 11.5 Å². The van der Waals surface area contributed by atoms with Crippen molar-refractivity contribution >= 4 is 17.2 Å². The molecule has 2 aromatic carbocycles. The smallest absolute Gasteiger partial charge is 0.255 e. The molecule has 32 heavy (non-hydrogen) atoms. The molecule has 1 amide bonds. The summed E-state index contributed by atoms with van der Waals surface area (Å²) in [6.07, 6.45) is 3.45. The van der Waals surface area contributed by atoms with E-state index in [0.717, 1.165) is 33.6 Å². The number of carbonyl (C=O) groups is 1. The lowest BCUT2D eigenvalue weighted by atomic mass is 10.1. The SMILES string of the molecule is Cc1cc(C)cc(C(=O)Nc2ccc(-c3ccc4nnc(-c5cccnc5)n4n3)cc2)c1. The summed E-state index contributed by atoms with van der Waals surface area (Å²) >= 11 is 0. The Kier molecular flexibility index (Phi) is 4.91. The zero-order chi connectivity index (χ0) is 22.1. The Hall–Kier alpha value is -4.39. The molecular weight excluding hydrogens is 400 g/mol. The van der Waals surface area contributed by atoms with Gasteiger partial charge in [0.05, 0.1) is 5.69 Å². The molecule has 5 aromatic rings. The quantitative estimate of drug-likeness (QED) is 0.455. The number of hydrogen-bond acceptors (Lipinski definition) is 5. The molecule has 0 fully saturated rings. The molecule has 0 aliphatic carbocycles. The summed E-state index contributed by atoms with van der Waals surface area (Å²) in [7, 11) is 0. The molecule has 156 valence electrons. The third-order valence-electron chi connectivity index (χ3n) is 5.10. The maximum absolute atomic E-state index is 12.6. The largest absolute Gasteiger partial charge is 0.322 e. The molecule has 7 heteroatoms. The molecule has 0 aliphatic heterocycles. The van der Waals surface area contributed by atoms with E-state index in [-0.39, 0.29) is 5.91 Å². The molecule has 7 nitrogen and oxygen atoms in total. The Balaban J connectivity index is 1.40. The first-order chi connectivity index (χ1) is 15.6. The number of nitrogens with zero attached hydrogens (tertiary/aromatic N) is 5. The van der Waals surface area contributed by atoms with E-state index in [1.165, 1.54) is 0 Å². The average molecular weight is 420 g/mol. The van der Waals surface area contributed by atoms with Gasteiger partial charge in [0, 0.05) is 34.8 Å². The minimum Gasteiger partial charge on any atom is -0.322 e. The summed E-state index contributed by atoms with van der Waals surface area (Å²) < 4.78 is 1.71. The number of rotatable bonds is 4. The van der Waals surface area contributed by atoms with Crippen LogP contribution in [0.1, 0.15) is 21.5 Å². The van der Waals surface area contributed by atoms with Gasteiger partial charge in [0.25, 0.3) is 5.91 Å². The Labute approximate surface area is 184 Å². The lowest BCUT2D eigenvalue weighted by Gasteiger charge is -2.08. The number of hydrogen-bond donors (Lipinski definition) is 1. The Morgan fingerprint density at radius 2 is 1.66 bits per heavy atom. The Morgan fingerprint density at radius 3 is 2.38 bits per heavy atom. The number of benzene rings is 2. The van der Waals surface area contributed by atoms with Crippen LogP contribution in [-0.4, -0.2) is 30.7 Å². The fourth-order valence-electron chi connectivity index (χ4n) is 3.65. The van der Waals surface area contributed by atoms with Gasteiger partial charge in [-0.2, -0.15) is 9.61 Å². The van der Waals surface area contributed by atoms with Crippen molar-refractivity contribution in [3.63, 3.8) is 0 Å². The van der Waals surface area contributed by atoms with Crippen molar-refractivity contribution < 1.29 is 4.79 Å². The summed E-state index contributed by atoms with van der Waals surface area (Å²) in [5.41, 5.74) is 6.68. The van der Waals surface area contributed by atoms with Gasteiger partial charge in [-0.3, -0.25) is 9.78 Å². The number of anilines is 1. The Morgan fingerprint density at radius 1 is 0.875 bits per heavy atom. The number of aromatic nitrogens is 5. The van der Waals surface area contributed by atoms with Crippen LogP contribution >= 0.6 is 0 Å². The molecule has 0 spiro atoms.